The van der Waals surface area contributed by atoms with Crippen molar-refractivity contribution in [2.45, 2.75) is 39.0 Å². The molecule has 0 aromatic carbocycles. The minimum Gasteiger partial charge on any atom is -1.00 e. The summed E-state index contributed by atoms with van der Waals surface area (Å²) in [5.41, 5.74) is 0. The minimum absolute atomic E-state index is 0. The number of unbranched alkanes of at least 4 members (excludes halogenated alkanes) is 4. The van der Waals surface area contributed by atoms with Crippen LogP contribution in [-0.2, 0) is 0 Å². The Bertz CT molecular complexity index is 107. The smallest absolute Gasteiger partial charge is 0.179 e. The van der Waals surface area contributed by atoms with E-state index in [0.29, 0.717) is 0 Å². The predicted octanol–water partition coefficient (Wildman–Crippen LogP) is -1.01. The molecule has 0 fully saturated rings. The van der Waals surface area contributed by atoms with Crippen LogP contribution in [-0.4, -0.2) is 37.0 Å². The fourth-order valence-corrected chi connectivity index (χ4v) is 1.21. The van der Waals surface area contributed by atoms with Crippen LogP contribution in [0.25, 0.3) is 0 Å². The van der Waals surface area contributed by atoms with Gasteiger partial charge in [-0.25, -0.2) is 0 Å². The van der Waals surface area contributed by atoms with Gasteiger partial charge in [-0.2, -0.15) is 0 Å². The maximum absolute atomic E-state index is 8.97. The molecule has 0 aromatic rings. The van der Waals surface area contributed by atoms with Gasteiger partial charge in [0.15, 0.2) is 6.73 Å². The zero-order valence-electron chi connectivity index (χ0n) is 9.22. The number of quaternary nitrogens is 1. The highest BCUT2D eigenvalue weighted by molar-refractivity contribution is 4.41. The SMILES string of the molecule is CCCCCCC[N+](C)(C)CO.[I-]. The molecule has 82 valence electrons. The minimum atomic E-state index is 0. The molecule has 0 spiro atoms. The van der Waals surface area contributed by atoms with Crippen molar-refractivity contribution in [2.75, 3.05) is 27.4 Å². The Labute approximate surface area is 99.9 Å². The number of rotatable bonds is 7. The highest BCUT2D eigenvalue weighted by Gasteiger charge is 2.10. The molecule has 0 aliphatic heterocycles. The summed E-state index contributed by atoms with van der Waals surface area (Å²) in [5.74, 6) is 0. The van der Waals surface area contributed by atoms with Crippen LogP contribution in [0.15, 0.2) is 0 Å². The quantitative estimate of drug-likeness (QED) is 0.276. The standard InChI is InChI=1S/C10H24NO.HI/c1-4-5-6-7-8-9-11(2,3)10-12;/h12H,4-10H2,1-3H3;1H/q+1;/p-1. The van der Waals surface area contributed by atoms with Crippen LogP contribution in [0.1, 0.15) is 39.0 Å². The molecule has 0 saturated carbocycles. The summed E-state index contributed by atoms with van der Waals surface area (Å²) in [4.78, 5) is 0. The molecule has 0 atom stereocenters. The van der Waals surface area contributed by atoms with Gasteiger partial charge < -0.3 is 33.6 Å². The Morgan fingerprint density at radius 2 is 1.54 bits per heavy atom. The predicted molar refractivity (Wildman–Crippen MR) is 52.8 cm³/mol. The third-order valence-corrected chi connectivity index (χ3v) is 2.25. The first kappa shape index (κ1) is 16.1. The number of aliphatic hydroxyl groups excluding tert-OH is 1. The number of aliphatic hydroxyl groups is 1. The zero-order chi connectivity index (χ0) is 9.45. The van der Waals surface area contributed by atoms with Crippen molar-refractivity contribution in [3.63, 3.8) is 0 Å². The zero-order valence-corrected chi connectivity index (χ0v) is 11.4. The highest BCUT2D eigenvalue weighted by atomic mass is 127. The molecule has 0 rings (SSSR count). The van der Waals surface area contributed by atoms with E-state index in [1.807, 2.05) is 0 Å². The monoisotopic (exact) mass is 301 g/mol. The van der Waals surface area contributed by atoms with E-state index in [0.717, 1.165) is 11.0 Å². The maximum Gasteiger partial charge on any atom is 0.179 e. The van der Waals surface area contributed by atoms with Gasteiger partial charge in [-0.15, -0.1) is 0 Å². The Morgan fingerprint density at radius 3 is 2.00 bits per heavy atom. The van der Waals surface area contributed by atoms with E-state index >= 15 is 0 Å². The molecule has 0 heterocycles. The molecule has 0 saturated heterocycles. The molecule has 3 heteroatoms. The van der Waals surface area contributed by atoms with E-state index < -0.39 is 0 Å². The third kappa shape index (κ3) is 10.6. The van der Waals surface area contributed by atoms with Crippen LogP contribution in [0.4, 0.5) is 0 Å². The van der Waals surface area contributed by atoms with Crippen molar-refractivity contribution < 1.29 is 33.6 Å². The molecule has 0 radical (unpaired) electrons. The van der Waals surface area contributed by atoms with Crippen molar-refractivity contribution in [3.8, 4) is 0 Å². The van der Waals surface area contributed by atoms with Gasteiger partial charge in [0.1, 0.15) is 0 Å². The highest BCUT2D eigenvalue weighted by Crippen LogP contribution is 2.05. The van der Waals surface area contributed by atoms with Crippen molar-refractivity contribution in [1.82, 2.24) is 0 Å². The molecule has 13 heavy (non-hydrogen) atoms. The lowest BCUT2D eigenvalue weighted by atomic mass is 10.1. The first-order valence-corrected chi connectivity index (χ1v) is 5.05. The van der Waals surface area contributed by atoms with Gasteiger partial charge in [0.05, 0.1) is 20.6 Å². The number of halogens is 1. The summed E-state index contributed by atoms with van der Waals surface area (Å²) in [5, 5.41) is 8.97. The summed E-state index contributed by atoms with van der Waals surface area (Å²) < 4.78 is 0.742. The van der Waals surface area contributed by atoms with E-state index in [1.165, 1.54) is 32.1 Å². The molecule has 1 N–H and O–H groups in total. The third-order valence-electron chi connectivity index (χ3n) is 2.25. The maximum atomic E-state index is 8.97. The summed E-state index contributed by atoms with van der Waals surface area (Å²) in [7, 11) is 4.14. The molecular formula is C10H24INO. The number of hydrogen-bond acceptors (Lipinski definition) is 1. The van der Waals surface area contributed by atoms with Gasteiger partial charge >= 0.3 is 0 Å². The van der Waals surface area contributed by atoms with Gasteiger partial charge in [0, 0.05) is 0 Å². The van der Waals surface area contributed by atoms with Gasteiger partial charge in [0.25, 0.3) is 0 Å². The van der Waals surface area contributed by atoms with Gasteiger partial charge in [-0.3, -0.25) is 0 Å². The van der Waals surface area contributed by atoms with Crippen molar-refractivity contribution in [1.29, 1.82) is 0 Å². The lowest BCUT2D eigenvalue weighted by Gasteiger charge is -2.26. The van der Waals surface area contributed by atoms with Crippen LogP contribution in [0.3, 0.4) is 0 Å². The van der Waals surface area contributed by atoms with Gasteiger partial charge in [0.2, 0.25) is 0 Å². The average molecular weight is 301 g/mol. The Morgan fingerprint density at radius 1 is 1.00 bits per heavy atom. The molecule has 0 aliphatic rings. The average Bonchev–Trinajstić information content (AvgIpc) is 2.04. The molecule has 0 bridgehead atoms. The Balaban J connectivity index is 0. The van der Waals surface area contributed by atoms with E-state index in [2.05, 4.69) is 21.0 Å². The molecule has 0 aromatic heterocycles. The number of hydrogen-bond donors (Lipinski definition) is 1. The second kappa shape index (κ2) is 9.21. The topological polar surface area (TPSA) is 20.2 Å². The van der Waals surface area contributed by atoms with Crippen molar-refractivity contribution in [3.05, 3.63) is 0 Å². The molecule has 2 nitrogen and oxygen atoms in total. The molecule has 0 aliphatic carbocycles. The van der Waals surface area contributed by atoms with E-state index in [4.69, 9.17) is 5.11 Å². The van der Waals surface area contributed by atoms with Gasteiger partial charge in [-0.1, -0.05) is 26.2 Å². The van der Waals surface area contributed by atoms with E-state index in [9.17, 15) is 0 Å². The number of nitrogens with zero attached hydrogens (tertiary/aromatic N) is 1. The van der Waals surface area contributed by atoms with Gasteiger partial charge in [-0.05, 0) is 12.8 Å². The Kier molecular flexibility index (Phi) is 11.4. The summed E-state index contributed by atoms with van der Waals surface area (Å²) in [6.45, 7) is 3.59. The van der Waals surface area contributed by atoms with Crippen molar-refractivity contribution >= 4 is 0 Å². The lowest BCUT2D eigenvalue weighted by Crippen LogP contribution is -3.00. The van der Waals surface area contributed by atoms with E-state index in [1.54, 1.807) is 0 Å². The first-order valence-electron chi connectivity index (χ1n) is 5.05. The van der Waals surface area contributed by atoms with Crippen molar-refractivity contribution in [2.24, 2.45) is 0 Å². The van der Waals surface area contributed by atoms with Crippen LogP contribution in [0.5, 0.6) is 0 Å². The Hall–Kier alpha value is 0.650. The lowest BCUT2D eigenvalue weighted by molar-refractivity contribution is -0.909. The van der Waals surface area contributed by atoms with Crippen LogP contribution < -0.4 is 24.0 Å². The molecular weight excluding hydrogens is 277 g/mol. The molecule has 0 amide bonds. The first-order chi connectivity index (χ1) is 5.62. The molecule has 0 unspecified atom stereocenters. The fraction of sp³-hybridized carbons (Fsp3) is 1.00. The van der Waals surface area contributed by atoms with Crippen LogP contribution in [0, 0.1) is 0 Å². The second-order valence-corrected chi connectivity index (χ2v) is 4.21. The van der Waals surface area contributed by atoms with Crippen LogP contribution >= 0.6 is 0 Å². The normalized spacial score (nSPS) is 11.1. The summed E-state index contributed by atoms with van der Waals surface area (Å²) >= 11 is 0. The summed E-state index contributed by atoms with van der Waals surface area (Å²) in [6.07, 6.45) is 6.57. The second-order valence-electron chi connectivity index (χ2n) is 4.21. The van der Waals surface area contributed by atoms with Crippen LogP contribution in [0.2, 0.25) is 0 Å². The summed E-state index contributed by atoms with van der Waals surface area (Å²) in [6, 6.07) is 0. The van der Waals surface area contributed by atoms with E-state index in [-0.39, 0.29) is 30.7 Å². The largest absolute Gasteiger partial charge is 1.00 e. The fourth-order valence-electron chi connectivity index (χ4n) is 1.21.